The number of halogens is 2. The average molecular weight is 293 g/mol. The fraction of sp³-hybridized carbons (Fsp3) is 0.938. The van der Waals surface area contributed by atoms with Gasteiger partial charge in [0.15, 0.2) is 0 Å². The molecule has 0 saturated carbocycles. The minimum atomic E-state index is -0.202. The van der Waals surface area contributed by atoms with Gasteiger partial charge in [0, 0.05) is 6.42 Å². The van der Waals surface area contributed by atoms with E-state index in [-0.39, 0.29) is 11.9 Å². The topological polar surface area (TPSA) is 17.1 Å². The van der Waals surface area contributed by atoms with E-state index in [1.54, 1.807) is 0 Å². The van der Waals surface area contributed by atoms with Crippen LogP contribution >= 0.6 is 11.6 Å². The van der Waals surface area contributed by atoms with Crippen LogP contribution < -0.4 is 0 Å². The minimum absolute atomic E-state index is 0.154. The lowest BCUT2D eigenvalue weighted by Gasteiger charge is -2.02. The first kappa shape index (κ1) is 18.9. The quantitative estimate of drug-likeness (QED) is 0.260. The number of hydrogen-bond acceptors (Lipinski definition) is 1. The third kappa shape index (κ3) is 17.9. The standard InChI is InChI=1S/C16H30ClFO/c17-16(19)14-12-10-8-6-4-2-1-3-5-7-9-11-13-15-18/h1-15H2. The van der Waals surface area contributed by atoms with Gasteiger partial charge in [0.2, 0.25) is 5.24 Å². The first-order chi connectivity index (χ1) is 9.27. The Morgan fingerprint density at radius 1 is 0.632 bits per heavy atom. The van der Waals surface area contributed by atoms with Crippen molar-refractivity contribution in [3.05, 3.63) is 0 Å². The summed E-state index contributed by atoms with van der Waals surface area (Å²) in [6, 6.07) is 0. The molecular weight excluding hydrogens is 263 g/mol. The molecule has 0 radical (unpaired) electrons. The molecule has 0 aliphatic heterocycles. The second-order valence-corrected chi connectivity index (χ2v) is 5.81. The molecular formula is C16H30ClFO. The van der Waals surface area contributed by atoms with E-state index in [4.69, 9.17) is 11.6 Å². The van der Waals surface area contributed by atoms with E-state index in [2.05, 4.69) is 0 Å². The summed E-state index contributed by atoms with van der Waals surface area (Å²) in [4.78, 5) is 10.5. The Bertz CT molecular complexity index is 197. The number of rotatable bonds is 15. The van der Waals surface area contributed by atoms with Crippen LogP contribution in [0.25, 0.3) is 0 Å². The number of carbonyl (C=O) groups excluding carboxylic acids is 1. The van der Waals surface area contributed by atoms with Gasteiger partial charge in [0.05, 0.1) is 6.67 Å². The molecule has 0 aliphatic rings. The molecule has 3 heteroatoms. The molecule has 0 aromatic heterocycles. The molecule has 0 fully saturated rings. The maximum absolute atomic E-state index is 11.8. The SMILES string of the molecule is O=C(Cl)CCCCCCCCCCCCCCCF. The lowest BCUT2D eigenvalue weighted by Crippen LogP contribution is -1.86. The number of alkyl halides is 1. The predicted molar refractivity (Wildman–Crippen MR) is 81.5 cm³/mol. The van der Waals surface area contributed by atoms with Crippen molar-refractivity contribution in [2.45, 2.75) is 89.9 Å². The van der Waals surface area contributed by atoms with Gasteiger partial charge in [0.1, 0.15) is 0 Å². The van der Waals surface area contributed by atoms with E-state index in [1.807, 2.05) is 0 Å². The van der Waals surface area contributed by atoms with Gasteiger partial charge in [-0.2, -0.15) is 0 Å². The van der Waals surface area contributed by atoms with Crippen LogP contribution in [0.5, 0.6) is 0 Å². The van der Waals surface area contributed by atoms with E-state index in [0.717, 1.165) is 25.7 Å². The van der Waals surface area contributed by atoms with Crippen molar-refractivity contribution in [1.82, 2.24) is 0 Å². The highest BCUT2D eigenvalue weighted by atomic mass is 35.5. The van der Waals surface area contributed by atoms with Crippen LogP contribution in [0.4, 0.5) is 4.39 Å². The van der Waals surface area contributed by atoms with Crippen molar-refractivity contribution in [3.63, 3.8) is 0 Å². The highest BCUT2D eigenvalue weighted by molar-refractivity contribution is 6.63. The molecule has 0 unspecified atom stereocenters. The van der Waals surface area contributed by atoms with Crippen LogP contribution in [0.2, 0.25) is 0 Å². The summed E-state index contributed by atoms with van der Waals surface area (Å²) in [5, 5.41) is -0.202. The van der Waals surface area contributed by atoms with Gasteiger partial charge in [-0.25, -0.2) is 0 Å². The summed E-state index contributed by atoms with van der Waals surface area (Å²) in [6.45, 7) is -0.154. The summed E-state index contributed by atoms with van der Waals surface area (Å²) >= 11 is 5.27. The lowest BCUT2D eigenvalue weighted by atomic mass is 10.0. The van der Waals surface area contributed by atoms with Gasteiger partial charge < -0.3 is 0 Å². The van der Waals surface area contributed by atoms with E-state index < -0.39 is 0 Å². The summed E-state index contributed by atoms with van der Waals surface area (Å²) in [6.07, 6.45) is 16.0. The van der Waals surface area contributed by atoms with Gasteiger partial charge in [-0.3, -0.25) is 9.18 Å². The van der Waals surface area contributed by atoms with Crippen molar-refractivity contribution in [2.24, 2.45) is 0 Å². The molecule has 0 atom stereocenters. The van der Waals surface area contributed by atoms with Crippen LogP contribution in [-0.4, -0.2) is 11.9 Å². The number of unbranched alkanes of at least 4 members (excludes halogenated alkanes) is 12. The van der Waals surface area contributed by atoms with Crippen molar-refractivity contribution in [2.75, 3.05) is 6.67 Å². The summed E-state index contributed by atoms with van der Waals surface area (Å²) in [7, 11) is 0. The summed E-state index contributed by atoms with van der Waals surface area (Å²) < 4.78 is 11.8. The molecule has 0 aromatic rings. The van der Waals surface area contributed by atoms with E-state index in [0.29, 0.717) is 6.42 Å². The van der Waals surface area contributed by atoms with E-state index in [9.17, 15) is 9.18 Å². The molecule has 19 heavy (non-hydrogen) atoms. The second-order valence-electron chi connectivity index (χ2n) is 5.39. The fourth-order valence-electron chi connectivity index (χ4n) is 2.30. The molecule has 0 bridgehead atoms. The average Bonchev–Trinajstić information content (AvgIpc) is 2.39. The molecule has 0 spiro atoms. The number of hydrogen-bond donors (Lipinski definition) is 0. The Morgan fingerprint density at radius 2 is 0.947 bits per heavy atom. The Kier molecular flexibility index (Phi) is 15.9. The molecule has 0 N–H and O–H groups in total. The van der Waals surface area contributed by atoms with Crippen LogP contribution in [-0.2, 0) is 4.79 Å². The van der Waals surface area contributed by atoms with Crippen molar-refractivity contribution < 1.29 is 9.18 Å². The van der Waals surface area contributed by atoms with E-state index in [1.165, 1.54) is 57.8 Å². The zero-order chi connectivity index (χ0) is 14.2. The molecule has 114 valence electrons. The smallest absolute Gasteiger partial charge is 0.221 e. The van der Waals surface area contributed by atoms with Crippen LogP contribution in [0.15, 0.2) is 0 Å². The van der Waals surface area contributed by atoms with Gasteiger partial charge in [0.25, 0.3) is 0 Å². The molecule has 0 heterocycles. The third-order valence-electron chi connectivity index (χ3n) is 3.51. The largest absolute Gasteiger partial charge is 0.281 e. The maximum Gasteiger partial charge on any atom is 0.221 e. The monoisotopic (exact) mass is 292 g/mol. The Balaban J connectivity index is 2.93. The highest BCUT2D eigenvalue weighted by Gasteiger charge is 1.96. The highest BCUT2D eigenvalue weighted by Crippen LogP contribution is 2.13. The molecule has 0 rings (SSSR count). The zero-order valence-corrected chi connectivity index (χ0v) is 13.0. The second kappa shape index (κ2) is 15.9. The third-order valence-corrected chi connectivity index (χ3v) is 3.70. The van der Waals surface area contributed by atoms with Gasteiger partial charge >= 0.3 is 0 Å². The zero-order valence-electron chi connectivity index (χ0n) is 12.3. The molecule has 1 nitrogen and oxygen atoms in total. The van der Waals surface area contributed by atoms with Crippen molar-refractivity contribution in [1.29, 1.82) is 0 Å². The Hall–Kier alpha value is -0.110. The first-order valence-corrected chi connectivity index (χ1v) is 8.39. The normalized spacial score (nSPS) is 10.8. The maximum atomic E-state index is 11.8. The molecule has 0 amide bonds. The summed E-state index contributed by atoms with van der Waals surface area (Å²) in [5.74, 6) is 0. The van der Waals surface area contributed by atoms with Gasteiger partial charge in [-0.05, 0) is 24.4 Å². The fourth-order valence-corrected chi connectivity index (χ4v) is 2.44. The van der Waals surface area contributed by atoms with Gasteiger partial charge in [-0.1, -0.05) is 70.6 Å². The Labute approximate surface area is 123 Å². The molecule has 0 aliphatic carbocycles. The summed E-state index contributed by atoms with van der Waals surface area (Å²) in [5.41, 5.74) is 0. The number of carbonyl (C=O) groups is 1. The van der Waals surface area contributed by atoms with E-state index >= 15 is 0 Å². The first-order valence-electron chi connectivity index (χ1n) is 8.01. The van der Waals surface area contributed by atoms with Crippen molar-refractivity contribution >= 4 is 16.8 Å². The molecule has 0 aromatic carbocycles. The van der Waals surface area contributed by atoms with Crippen LogP contribution in [0.3, 0.4) is 0 Å². The molecule has 0 saturated heterocycles. The van der Waals surface area contributed by atoms with Crippen molar-refractivity contribution in [3.8, 4) is 0 Å². The lowest BCUT2D eigenvalue weighted by molar-refractivity contribution is -0.111. The Morgan fingerprint density at radius 3 is 1.26 bits per heavy atom. The minimum Gasteiger partial charge on any atom is -0.281 e. The van der Waals surface area contributed by atoms with Gasteiger partial charge in [-0.15, -0.1) is 0 Å². The predicted octanol–water partition coefficient (Wildman–Crippen LogP) is 6.18. The van der Waals surface area contributed by atoms with Crippen LogP contribution in [0.1, 0.15) is 89.9 Å². The van der Waals surface area contributed by atoms with Crippen LogP contribution in [0, 0.1) is 0 Å².